The SMILES string of the molecule is COCCCC1CCC2(CC1)Nc1cccc3ccc(C4=C(O)/C(=c5\ccc6cccc7c6c5=NC5(CCC(CCCOC(=O)Nc6ccc(C)c(NC(C)=O)c6)CC5)N7)C4=O)c(c13)N2. The smallest absolute Gasteiger partial charge is 0.411 e. The summed E-state index contributed by atoms with van der Waals surface area (Å²) in [7, 11) is 1.76. The minimum Gasteiger partial charge on any atom is -0.506 e. The Balaban J connectivity index is 0.874. The molecule has 5 aliphatic rings. The van der Waals surface area contributed by atoms with Gasteiger partial charge in [0.25, 0.3) is 0 Å². The summed E-state index contributed by atoms with van der Waals surface area (Å²) in [6.45, 7) is 4.44. The highest BCUT2D eigenvalue weighted by Gasteiger charge is 2.43. The molecule has 5 aromatic carbocycles. The van der Waals surface area contributed by atoms with Gasteiger partial charge in [-0.25, -0.2) is 4.79 Å². The first kappa shape index (κ1) is 42.5. The summed E-state index contributed by atoms with van der Waals surface area (Å²) in [5, 5.41) is 34.8. The number of allylic oxidation sites excluding steroid dienone is 2. The molecule has 5 aromatic rings. The van der Waals surface area contributed by atoms with Crippen LogP contribution in [0, 0.1) is 18.8 Å². The van der Waals surface area contributed by atoms with Crippen molar-refractivity contribution in [3.63, 3.8) is 0 Å². The Morgan fingerprint density at radius 2 is 1.46 bits per heavy atom. The molecule has 12 nitrogen and oxygen atoms in total. The Kier molecular flexibility index (Phi) is 11.3. The summed E-state index contributed by atoms with van der Waals surface area (Å²) in [5.74, 6) is 0.783. The second-order valence-corrected chi connectivity index (χ2v) is 18.9. The van der Waals surface area contributed by atoms with E-state index in [1.54, 1.807) is 19.2 Å². The standard InChI is InChI=1S/C53H58N6O6/c1-31-14-17-37(30-42(31)54-32(2)60)55-51(63)65-29-7-9-34-22-26-53(27-23-34)57-41-13-5-11-36-16-19-39(48(59-53)44(36)41)46-49(61)45(50(46)62)38-18-15-35-10-4-12-40-43(35)47(38)58-52(56-40)24-20-33(21-25-52)8-6-28-64-3/h4-5,10-19,30,33-34,56-58,61H,6-9,20-29H2,1-3H3,(H,54,60)(H,55,63)/b46-39-. The zero-order valence-electron chi connectivity index (χ0n) is 37.5. The van der Waals surface area contributed by atoms with Crippen molar-refractivity contribution in [3.8, 4) is 0 Å². The molecule has 2 aliphatic heterocycles. The Hall–Kier alpha value is -6.40. The number of amides is 2. The lowest BCUT2D eigenvalue weighted by Crippen LogP contribution is -2.51. The summed E-state index contributed by atoms with van der Waals surface area (Å²) >= 11 is 0. The van der Waals surface area contributed by atoms with Crippen molar-refractivity contribution >= 4 is 78.9 Å². The fourth-order valence-corrected chi connectivity index (χ4v) is 11.1. The molecule has 0 radical (unpaired) electrons. The minimum absolute atomic E-state index is 0.0170. The molecule has 2 spiro atoms. The number of ether oxygens (including phenoxy) is 2. The zero-order chi connectivity index (χ0) is 44.9. The first-order valence-corrected chi connectivity index (χ1v) is 23.4. The maximum absolute atomic E-state index is 14.6. The normalized spacial score (nSPS) is 23.9. The van der Waals surface area contributed by atoms with Crippen molar-refractivity contribution in [1.82, 2.24) is 0 Å². The van der Waals surface area contributed by atoms with E-state index in [1.165, 1.54) is 6.92 Å². The number of hydrogen-bond donors (Lipinski definition) is 6. The number of Topliss-reactive ketones (excluding diaryl/α,β-unsaturated/α-hetero) is 1. The summed E-state index contributed by atoms with van der Waals surface area (Å²) in [6.07, 6.45) is 11.0. The quantitative estimate of drug-likeness (QED) is 0.0710. The number of rotatable bonds is 11. The van der Waals surface area contributed by atoms with Crippen molar-refractivity contribution in [1.29, 1.82) is 0 Å². The van der Waals surface area contributed by atoms with E-state index in [4.69, 9.17) is 14.5 Å². The van der Waals surface area contributed by atoms with E-state index in [-0.39, 0.29) is 23.1 Å². The van der Waals surface area contributed by atoms with Crippen LogP contribution < -0.4 is 37.2 Å². The van der Waals surface area contributed by atoms with Crippen LogP contribution in [0.1, 0.15) is 95.1 Å². The van der Waals surface area contributed by atoms with E-state index < -0.39 is 11.8 Å². The van der Waals surface area contributed by atoms with Crippen LogP contribution in [0.15, 0.2) is 89.6 Å². The number of nitrogens with zero attached hydrogens (tertiary/aromatic N) is 1. The van der Waals surface area contributed by atoms with Crippen LogP contribution in [0.5, 0.6) is 0 Å². The number of methoxy groups -OCH3 is 1. The lowest BCUT2D eigenvalue weighted by Gasteiger charge is -2.46. The van der Waals surface area contributed by atoms with Gasteiger partial charge in [-0.05, 0) is 136 Å². The Morgan fingerprint density at radius 3 is 2.17 bits per heavy atom. The van der Waals surface area contributed by atoms with Crippen LogP contribution in [0.4, 0.5) is 33.2 Å². The van der Waals surface area contributed by atoms with Crippen molar-refractivity contribution < 1.29 is 29.0 Å². The van der Waals surface area contributed by atoms with Gasteiger partial charge >= 0.3 is 6.09 Å². The van der Waals surface area contributed by atoms with E-state index in [0.29, 0.717) is 46.2 Å². The van der Waals surface area contributed by atoms with Crippen LogP contribution in [0.2, 0.25) is 0 Å². The minimum atomic E-state index is -0.545. The van der Waals surface area contributed by atoms with Gasteiger partial charge < -0.3 is 35.8 Å². The lowest BCUT2D eigenvalue weighted by atomic mass is 9.76. The zero-order valence-corrected chi connectivity index (χ0v) is 37.5. The molecule has 336 valence electrons. The summed E-state index contributed by atoms with van der Waals surface area (Å²) < 4.78 is 10.8. The molecule has 2 saturated carbocycles. The predicted molar refractivity (Wildman–Crippen MR) is 258 cm³/mol. The van der Waals surface area contributed by atoms with Crippen molar-refractivity contribution in [2.24, 2.45) is 16.8 Å². The Labute approximate surface area is 379 Å². The van der Waals surface area contributed by atoms with E-state index in [9.17, 15) is 19.5 Å². The average Bonchev–Trinajstić information content (AvgIpc) is 3.29. The van der Waals surface area contributed by atoms with Gasteiger partial charge in [-0.1, -0.05) is 54.6 Å². The van der Waals surface area contributed by atoms with Gasteiger partial charge in [-0.2, -0.15) is 0 Å². The van der Waals surface area contributed by atoms with E-state index in [2.05, 4.69) is 63.0 Å². The molecule has 6 N–H and O–H groups in total. The highest BCUT2D eigenvalue weighted by molar-refractivity contribution is 6.52. The number of benzene rings is 5. The first-order valence-electron chi connectivity index (χ1n) is 23.4. The molecular formula is C53H58N6O6. The number of nitrogens with one attached hydrogen (secondary N) is 5. The van der Waals surface area contributed by atoms with Gasteiger partial charge in [0.05, 0.1) is 28.8 Å². The Morgan fingerprint density at radius 1 is 0.785 bits per heavy atom. The van der Waals surface area contributed by atoms with Crippen LogP contribution >= 0.6 is 0 Å². The predicted octanol–water partition coefficient (Wildman–Crippen LogP) is 10.1. The molecule has 2 amide bonds. The molecule has 2 fully saturated rings. The van der Waals surface area contributed by atoms with Gasteiger partial charge in [0, 0.05) is 64.9 Å². The summed E-state index contributed by atoms with van der Waals surface area (Å²) in [5.41, 5.74) is 5.57. The molecule has 0 bridgehead atoms. The average molecular weight is 875 g/mol. The van der Waals surface area contributed by atoms with Crippen LogP contribution in [-0.4, -0.2) is 54.5 Å². The number of aliphatic hydroxyl groups is 1. The molecule has 3 aliphatic carbocycles. The summed E-state index contributed by atoms with van der Waals surface area (Å²) in [6, 6.07) is 25.9. The van der Waals surface area contributed by atoms with Gasteiger partial charge in [0.15, 0.2) is 0 Å². The van der Waals surface area contributed by atoms with Crippen molar-refractivity contribution in [2.75, 3.05) is 46.9 Å². The second-order valence-electron chi connectivity index (χ2n) is 18.9. The van der Waals surface area contributed by atoms with Crippen LogP contribution in [-0.2, 0) is 19.1 Å². The fraction of sp³-hybridized carbons (Fsp3) is 0.396. The van der Waals surface area contributed by atoms with Crippen LogP contribution in [0.3, 0.4) is 0 Å². The molecule has 0 atom stereocenters. The summed E-state index contributed by atoms with van der Waals surface area (Å²) in [4.78, 5) is 44.3. The molecule has 0 unspecified atom stereocenters. The monoisotopic (exact) mass is 874 g/mol. The largest absolute Gasteiger partial charge is 0.506 e. The number of carbonyl (C=O) groups excluding carboxylic acids is 3. The number of ketones is 1. The van der Waals surface area contributed by atoms with Crippen molar-refractivity contribution in [2.45, 2.75) is 102 Å². The maximum Gasteiger partial charge on any atom is 0.411 e. The number of aryl methyl sites for hydroxylation is 1. The Bertz CT molecular complexity index is 2910. The third-order valence-electron chi connectivity index (χ3n) is 14.6. The second kappa shape index (κ2) is 17.2. The van der Waals surface area contributed by atoms with Gasteiger partial charge in [0.1, 0.15) is 17.1 Å². The maximum atomic E-state index is 14.6. The lowest BCUT2D eigenvalue weighted by molar-refractivity contribution is -0.114. The molecule has 65 heavy (non-hydrogen) atoms. The highest BCUT2D eigenvalue weighted by Crippen LogP contribution is 2.50. The number of carbonyl (C=O) groups is 3. The molecular weight excluding hydrogens is 817 g/mol. The van der Waals surface area contributed by atoms with Gasteiger partial charge in [0.2, 0.25) is 11.7 Å². The molecule has 12 heteroatoms. The van der Waals surface area contributed by atoms with Gasteiger partial charge in [-0.3, -0.25) is 19.9 Å². The topological polar surface area (TPSA) is 162 Å². The number of anilines is 5. The molecule has 10 rings (SSSR count). The highest BCUT2D eigenvalue weighted by atomic mass is 16.5. The number of aliphatic hydroxyl groups excluding tert-OH is 1. The third kappa shape index (κ3) is 8.06. The molecule has 0 saturated heterocycles. The van der Waals surface area contributed by atoms with E-state index in [1.807, 2.05) is 37.3 Å². The molecule has 2 heterocycles. The molecule has 0 aromatic heterocycles. The van der Waals surface area contributed by atoms with Crippen molar-refractivity contribution in [3.05, 3.63) is 106 Å². The number of hydrogen-bond acceptors (Lipinski definition) is 10. The van der Waals surface area contributed by atoms with E-state index >= 15 is 0 Å². The fourth-order valence-electron chi connectivity index (χ4n) is 11.1. The van der Waals surface area contributed by atoms with E-state index in [0.717, 1.165) is 139 Å². The first-order chi connectivity index (χ1) is 31.5. The van der Waals surface area contributed by atoms with Gasteiger partial charge in [-0.15, -0.1) is 0 Å². The third-order valence-corrected chi connectivity index (χ3v) is 14.6. The van der Waals surface area contributed by atoms with Crippen LogP contribution in [0.25, 0.3) is 32.7 Å².